The number of allylic oxidation sites excluding steroid dienone is 6. The van der Waals surface area contributed by atoms with Crippen LogP contribution in [0.2, 0.25) is 0 Å². The van der Waals surface area contributed by atoms with Gasteiger partial charge in [-0.05, 0) is 43.9 Å². The first-order valence-electron chi connectivity index (χ1n) is 10.3. The first kappa shape index (κ1) is 20.3. The normalized spacial score (nSPS) is 29.5. The number of carbonyl (C=O) groups is 5. The number of aliphatic hydroxyl groups is 1. The van der Waals surface area contributed by atoms with E-state index in [2.05, 4.69) is 0 Å². The average molecular weight is 436 g/mol. The Morgan fingerprint density at radius 3 is 2.59 bits per heavy atom. The molecule has 5 rings (SSSR count). The van der Waals surface area contributed by atoms with E-state index in [0.29, 0.717) is 33.1 Å². The number of carbonyl (C=O) groups excluding carboxylic acids is 5. The minimum Gasteiger partial charge on any atom is -0.463 e. The Morgan fingerprint density at radius 2 is 1.94 bits per heavy atom. The summed E-state index contributed by atoms with van der Waals surface area (Å²) in [6, 6.07) is 2.10. The molecule has 9 nitrogen and oxygen atoms in total. The number of amides is 4. The molecule has 2 heterocycles. The maximum Gasteiger partial charge on any atom is 0.328 e. The van der Waals surface area contributed by atoms with Crippen molar-refractivity contribution < 1.29 is 33.5 Å². The van der Waals surface area contributed by atoms with Gasteiger partial charge in [0.15, 0.2) is 11.6 Å². The van der Waals surface area contributed by atoms with Crippen LogP contribution in [-0.4, -0.2) is 39.4 Å². The van der Waals surface area contributed by atoms with E-state index in [-0.39, 0.29) is 36.6 Å². The molecule has 3 aliphatic carbocycles. The van der Waals surface area contributed by atoms with Crippen molar-refractivity contribution in [1.29, 1.82) is 0 Å². The van der Waals surface area contributed by atoms with Crippen LogP contribution in [0.3, 0.4) is 0 Å². The molecule has 0 radical (unpaired) electrons. The summed E-state index contributed by atoms with van der Waals surface area (Å²) in [6.45, 7) is 1.24. The lowest BCUT2D eigenvalue weighted by Crippen LogP contribution is -2.42. The molecule has 3 N–H and O–H groups in total. The minimum absolute atomic E-state index is 0.104. The van der Waals surface area contributed by atoms with Crippen LogP contribution in [0, 0.1) is 17.8 Å². The Labute approximate surface area is 182 Å². The van der Waals surface area contributed by atoms with Gasteiger partial charge in [0.25, 0.3) is 0 Å². The van der Waals surface area contributed by atoms with Crippen LogP contribution in [0.25, 0.3) is 0 Å². The number of likely N-dealkylation sites (tertiary alicyclic amines) is 1. The molecule has 0 aromatic carbocycles. The third-order valence-corrected chi connectivity index (χ3v) is 6.91. The summed E-state index contributed by atoms with van der Waals surface area (Å²) in [5, 5.41) is 9.44. The summed E-state index contributed by atoms with van der Waals surface area (Å²) >= 11 is 0. The maximum atomic E-state index is 13.1. The number of hydrogen-bond acceptors (Lipinski definition) is 7. The fraction of sp³-hybridized carbons (Fsp3) is 0.348. The second-order valence-corrected chi connectivity index (χ2v) is 8.54. The van der Waals surface area contributed by atoms with Gasteiger partial charge in [-0.25, -0.2) is 4.79 Å². The Hall–Kier alpha value is -3.59. The van der Waals surface area contributed by atoms with Crippen LogP contribution in [0.15, 0.2) is 51.0 Å². The number of urea groups is 1. The number of hydrogen-bond donors (Lipinski definition) is 2. The SMILES string of the molecule is CC1=CC(=O)C2=C(C1=O)C(c1ccc(CO)o1)C1=CCC3C(=O)N(C(N)=O)C(=O)C3C1C2. The molecule has 4 unspecified atom stereocenters. The molecule has 9 heteroatoms. The van der Waals surface area contributed by atoms with Crippen LogP contribution in [0.1, 0.15) is 37.2 Å². The van der Waals surface area contributed by atoms with Crippen molar-refractivity contribution in [2.24, 2.45) is 23.5 Å². The highest BCUT2D eigenvalue weighted by Gasteiger charge is 2.57. The zero-order valence-corrected chi connectivity index (χ0v) is 17.2. The van der Waals surface area contributed by atoms with E-state index in [1.54, 1.807) is 19.1 Å². The fourth-order valence-electron chi connectivity index (χ4n) is 5.54. The van der Waals surface area contributed by atoms with Gasteiger partial charge in [-0.2, -0.15) is 4.90 Å². The van der Waals surface area contributed by atoms with Gasteiger partial charge >= 0.3 is 6.03 Å². The van der Waals surface area contributed by atoms with Crippen molar-refractivity contribution in [2.75, 3.05) is 0 Å². The van der Waals surface area contributed by atoms with Crippen molar-refractivity contribution in [3.8, 4) is 0 Å². The summed E-state index contributed by atoms with van der Waals surface area (Å²) in [5.41, 5.74) is 6.88. The molecule has 1 aromatic rings. The number of Topliss-reactive ketones (excluding diaryl/α,β-unsaturated/α-hetero) is 1. The van der Waals surface area contributed by atoms with Crippen LogP contribution in [-0.2, 0) is 25.8 Å². The lowest BCUT2D eigenvalue weighted by Gasteiger charge is -2.41. The molecule has 4 aliphatic rings. The quantitative estimate of drug-likeness (QED) is 0.403. The van der Waals surface area contributed by atoms with Gasteiger partial charge < -0.3 is 15.3 Å². The van der Waals surface area contributed by atoms with E-state index in [4.69, 9.17) is 10.2 Å². The van der Waals surface area contributed by atoms with Crippen molar-refractivity contribution >= 4 is 29.4 Å². The molecule has 164 valence electrons. The van der Waals surface area contributed by atoms with Crippen molar-refractivity contribution in [1.82, 2.24) is 4.90 Å². The molecule has 4 atom stereocenters. The number of primary amides is 1. The molecular formula is C23H20N2O7. The van der Waals surface area contributed by atoms with Crippen LogP contribution >= 0.6 is 0 Å². The van der Waals surface area contributed by atoms with Gasteiger partial charge in [0.05, 0.1) is 17.8 Å². The number of nitrogens with zero attached hydrogens (tertiary/aromatic N) is 1. The molecule has 0 saturated carbocycles. The monoisotopic (exact) mass is 436 g/mol. The zero-order valence-electron chi connectivity index (χ0n) is 17.2. The van der Waals surface area contributed by atoms with Gasteiger partial charge in [0.2, 0.25) is 11.8 Å². The molecule has 32 heavy (non-hydrogen) atoms. The van der Waals surface area contributed by atoms with E-state index < -0.39 is 41.5 Å². The number of nitrogens with two attached hydrogens (primary N) is 1. The van der Waals surface area contributed by atoms with Crippen LogP contribution in [0.5, 0.6) is 0 Å². The average Bonchev–Trinajstić information content (AvgIpc) is 3.33. The Kier molecular flexibility index (Phi) is 4.42. The molecular weight excluding hydrogens is 416 g/mol. The lowest BCUT2D eigenvalue weighted by molar-refractivity contribution is -0.136. The number of fused-ring (bicyclic) bond motifs is 3. The smallest absolute Gasteiger partial charge is 0.328 e. The molecule has 1 aliphatic heterocycles. The number of ketones is 2. The number of aliphatic hydroxyl groups excluding tert-OH is 1. The molecule has 1 aromatic heterocycles. The van der Waals surface area contributed by atoms with Crippen LogP contribution in [0.4, 0.5) is 4.79 Å². The van der Waals surface area contributed by atoms with Crippen LogP contribution < -0.4 is 5.73 Å². The number of rotatable bonds is 2. The Balaban J connectivity index is 1.68. The van der Waals surface area contributed by atoms with Gasteiger partial charge in [0, 0.05) is 16.7 Å². The highest BCUT2D eigenvalue weighted by Crippen LogP contribution is 2.55. The third-order valence-electron chi connectivity index (χ3n) is 6.91. The van der Waals surface area contributed by atoms with Crippen molar-refractivity contribution in [3.05, 3.63) is 58.1 Å². The Bertz CT molecular complexity index is 1210. The maximum absolute atomic E-state index is 13.1. The molecule has 0 bridgehead atoms. The molecule has 1 fully saturated rings. The van der Waals surface area contributed by atoms with Gasteiger partial charge in [0.1, 0.15) is 18.1 Å². The van der Waals surface area contributed by atoms with Gasteiger partial charge in [-0.15, -0.1) is 0 Å². The van der Waals surface area contributed by atoms with E-state index in [0.717, 1.165) is 0 Å². The first-order chi connectivity index (χ1) is 15.2. The van der Waals surface area contributed by atoms with Crippen molar-refractivity contribution in [3.63, 3.8) is 0 Å². The number of furan rings is 1. The summed E-state index contributed by atoms with van der Waals surface area (Å²) in [5.74, 6) is -4.13. The predicted molar refractivity (Wildman–Crippen MR) is 107 cm³/mol. The fourth-order valence-corrected chi connectivity index (χ4v) is 5.54. The number of imide groups is 3. The van der Waals surface area contributed by atoms with Crippen molar-refractivity contribution in [2.45, 2.75) is 32.3 Å². The highest BCUT2D eigenvalue weighted by atomic mass is 16.4. The lowest BCUT2D eigenvalue weighted by atomic mass is 9.60. The van der Waals surface area contributed by atoms with E-state index >= 15 is 0 Å². The summed E-state index contributed by atoms with van der Waals surface area (Å²) in [6.07, 6.45) is 3.40. The zero-order chi connectivity index (χ0) is 22.9. The van der Waals surface area contributed by atoms with Gasteiger partial charge in [-0.1, -0.05) is 11.6 Å². The largest absolute Gasteiger partial charge is 0.463 e. The second kappa shape index (κ2) is 6.96. The molecule has 0 spiro atoms. The van der Waals surface area contributed by atoms with E-state index in [1.165, 1.54) is 6.08 Å². The summed E-state index contributed by atoms with van der Waals surface area (Å²) in [7, 11) is 0. The Morgan fingerprint density at radius 1 is 1.19 bits per heavy atom. The highest BCUT2D eigenvalue weighted by molar-refractivity contribution is 6.24. The molecule has 4 amide bonds. The van der Waals surface area contributed by atoms with Gasteiger partial charge in [-0.3, -0.25) is 19.2 Å². The minimum atomic E-state index is -1.12. The first-order valence-corrected chi connectivity index (χ1v) is 10.3. The van der Waals surface area contributed by atoms with E-state index in [1.807, 2.05) is 6.08 Å². The summed E-state index contributed by atoms with van der Waals surface area (Å²) < 4.78 is 5.76. The molecule has 1 saturated heterocycles. The second-order valence-electron chi connectivity index (χ2n) is 8.54. The predicted octanol–water partition coefficient (Wildman–Crippen LogP) is 1.28. The third kappa shape index (κ3) is 2.64. The standard InChI is InChI=1S/C23H20N2O7/c1-9-6-15(27)14-7-13-11(3-4-12-17(13)22(30)25(21(12)29)23(24)31)18(19(14)20(9)28)16-5-2-10(8-26)32-16/h2-3,5-6,12-13,17-18,26H,4,7-8H2,1H3,(H2,24,31). The topological polar surface area (TPSA) is 148 Å². The van der Waals surface area contributed by atoms with E-state index in [9.17, 15) is 29.1 Å². The summed E-state index contributed by atoms with van der Waals surface area (Å²) in [4.78, 5) is 64.0.